The van der Waals surface area contributed by atoms with Crippen LogP contribution in [0.25, 0.3) is 5.65 Å². The molecule has 0 fully saturated rings. The van der Waals surface area contributed by atoms with Crippen molar-refractivity contribution >= 4 is 23.2 Å². The first-order valence-corrected chi connectivity index (χ1v) is 7.99. The summed E-state index contributed by atoms with van der Waals surface area (Å²) in [4.78, 5) is 16.9. The third-order valence-corrected chi connectivity index (χ3v) is 3.76. The SMILES string of the molecule is CCCCCCNC(=O)c1c(CC)nc2cc(Cl)ccn12. The molecular weight excluding hydrogens is 286 g/mol. The summed E-state index contributed by atoms with van der Waals surface area (Å²) in [5.74, 6) is -0.0572. The number of nitrogens with one attached hydrogen (secondary N) is 1. The summed E-state index contributed by atoms with van der Waals surface area (Å²) in [6, 6.07) is 3.55. The molecule has 21 heavy (non-hydrogen) atoms. The molecule has 0 unspecified atom stereocenters. The van der Waals surface area contributed by atoms with Crippen molar-refractivity contribution in [2.24, 2.45) is 0 Å². The summed E-state index contributed by atoms with van der Waals surface area (Å²) in [5, 5.41) is 3.62. The smallest absolute Gasteiger partial charge is 0.270 e. The lowest BCUT2D eigenvalue weighted by atomic mass is 10.2. The molecule has 2 aromatic heterocycles. The van der Waals surface area contributed by atoms with Gasteiger partial charge in [0.15, 0.2) is 0 Å². The lowest BCUT2D eigenvalue weighted by molar-refractivity contribution is 0.0946. The number of hydrogen-bond acceptors (Lipinski definition) is 2. The van der Waals surface area contributed by atoms with Crippen LogP contribution >= 0.6 is 11.6 Å². The van der Waals surface area contributed by atoms with Crippen molar-refractivity contribution in [3.05, 3.63) is 34.7 Å². The molecule has 2 heterocycles. The summed E-state index contributed by atoms with van der Waals surface area (Å²) in [6.45, 7) is 4.89. The summed E-state index contributed by atoms with van der Waals surface area (Å²) in [6.07, 6.45) is 7.10. The molecule has 0 spiro atoms. The van der Waals surface area contributed by atoms with E-state index in [4.69, 9.17) is 11.6 Å². The van der Waals surface area contributed by atoms with Gasteiger partial charge in [-0.1, -0.05) is 44.7 Å². The van der Waals surface area contributed by atoms with Crippen LogP contribution in [0.15, 0.2) is 18.3 Å². The quantitative estimate of drug-likeness (QED) is 0.790. The van der Waals surface area contributed by atoms with E-state index in [2.05, 4.69) is 17.2 Å². The Hall–Kier alpha value is -1.55. The molecule has 0 saturated heterocycles. The molecule has 0 saturated carbocycles. The van der Waals surface area contributed by atoms with Crippen molar-refractivity contribution < 1.29 is 4.79 Å². The number of halogens is 1. The molecule has 114 valence electrons. The second-order valence-electron chi connectivity index (χ2n) is 5.15. The number of aryl methyl sites for hydroxylation is 1. The summed E-state index contributed by atoms with van der Waals surface area (Å²) >= 11 is 5.98. The standard InChI is InChI=1S/C16H22ClN3O/c1-3-5-6-7-9-18-16(21)15-13(4-2)19-14-11-12(17)8-10-20(14)15/h8,10-11H,3-7,9H2,1-2H3,(H,18,21). The highest BCUT2D eigenvalue weighted by atomic mass is 35.5. The van der Waals surface area contributed by atoms with E-state index in [9.17, 15) is 4.79 Å². The minimum absolute atomic E-state index is 0.0572. The first-order valence-electron chi connectivity index (χ1n) is 7.62. The monoisotopic (exact) mass is 307 g/mol. The van der Waals surface area contributed by atoms with Crippen LogP contribution in [0.5, 0.6) is 0 Å². The number of fused-ring (bicyclic) bond motifs is 1. The van der Waals surface area contributed by atoms with Gasteiger partial charge >= 0.3 is 0 Å². The Morgan fingerprint density at radius 3 is 2.86 bits per heavy atom. The Morgan fingerprint density at radius 1 is 1.33 bits per heavy atom. The fourth-order valence-electron chi connectivity index (χ4n) is 2.39. The van der Waals surface area contributed by atoms with Gasteiger partial charge in [0.25, 0.3) is 5.91 Å². The Bertz CT molecular complexity index is 621. The van der Waals surface area contributed by atoms with Crippen molar-refractivity contribution in [2.75, 3.05) is 6.54 Å². The Balaban J connectivity index is 2.14. The highest BCUT2D eigenvalue weighted by molar-refractivity contribution is 6.30. The normalized spacial score (nSPS) is 11.0. The molecular formula is C16H22ClN3O. The molecule has 0 bridgehead atoms. The van der Waals surface area contributed by atoms with E-state index < -0.39 is 0 Å². The number of aromatic nitrogens is 2. The van der Waals surface area contributed by atoms with Gasteiger partial charge in [-0.05, 0) is 18.9 Å². The fraction of sp³-hybridized carbons (Fsp3) is 0.500. The third kappa shape index (κ3) is 3.76. The predicted molar refractivity (Wildman–Crippen MR) is 86.1 cm³/mol. The predicted octanol–water partition coefficient (Wildman–Crippen LogP) is 3.86. The van der Waals surface area contributed by atoms with Crippen molar-refractivity contribution in [1.29, 1.82) is 0 Å². The molecule has 4 nitrogen and oxygen atoms in total. The van der Waals surface area contributed by atoms with Crippen molar-refractivity contribution in [2.45, 2.75) is 46.0 Å². The third-order valence-electron chi connectivity index (χ3n) is 3.53. The van der Waals surface area contributed by atoms with Crippen LogP contribution in [0.1, 0.15) is 55.7 Å². The van der Waals surface area contributed by atoms with Gasteiger partial charge in [-0.15, -0.1) is 0 Å². The van der Waals surface area contributed by atoms with Gasteiger partial charge in [0.05, 0.1) is 5.69 Å². The van der Waals surface area contributed by atoms with Crippen LogP contribution in [-0.2, 0) is 6.42 Å². The first kappa shape index (κ1) is 15.8. The van der Waals surface area contributed by atoms with E-state index in [-0.39, 0.29) is 5.91 Å². The van der Waals surface area contributed by atoms with Crippen LogP contribution in [0.3, 0.4) is 0 Å². The number of hydrogen-bond donors (Lipinski definition) is 1. The number of pyridine rings is 1. The summed E-state index contributed by atoms with van der Waals surface area (Å²) in [7, 11) is 0. The maximum absolute atomic E-state index is 12.4. The highest BCUT2D eigenvalue weighted by Gasteiger charge is 2.17. The van der Waals surface area contributed by atoms with E-state index in [0.717, 1.165) is 30.6 Å². The maximum Gasteiger partial charge on any atom is 0.270 e. The molecule has 0 radical (unpaired) electrons. The van der Waals surface area contributed by atoms with Gasteiger partial charge in [-0.3, -0.25) is 9.20 Å². The molecule has 0 aliphatic heterocycles. The Kier molecular flexibility index (Phi) is 5.62. The second kappa shape index (κ2) is 7.46. The maximum atomic E-state index is 12.4. The molecule has 2 aromatic rings. The van der Waals surface area contributed by atoms with Crippen molar-refractivity contribution in [3.63, 3.8) is 0 Å². The van der Waals surface area contributed by atoms with Crippen LogP contribution in [0, 0.1) is 0 Å². The number of carbonyl (C=O) groups is 1. The zero-order valence-electron chi connectivity index (χ0n) is 12.7. The van der Waals surface area contributed by atoms with Gasteiger partial charge in [0.2, 0.25) is 0 Å². The van der Waals surface area contributed by atoms with E-state index in [1.54, 1.807) is 18.3 Å². The van der Waals surface area contributed by atoms with Crippen LogP contribution < -0.4 is 5.32 Å². The molecule has 0 aliphatic rings. The van der Waals surface area contributed by atoms with E-state index in [1.807, 2.05) is 11.3 Å². The molecule has 1 amide bonds. The number of rotatable bonds is 7. The number of nitrogens with zero attached hydrogens (tertiary/aromatic N) is 2. The van der Waals surface area contributed by atoms with Gasteiger partial charge in [0.1, 0.15) is 11.3 Å². The lowest BCUT2D eigenvalue weighted by Crippen LogP contribution is -2.26. The average Bonchev–Trinajstić information content (AvgIpc) is 2.84. The molecule has 2 rings (SSSR count). The Morgan fingerprint density at radius 2 is 2.14 bits per heavy atom. The highest BCUT2D eigenvalue weighted by Crippen LogP contribution is 2.17. The zero-order chi connectivity index (χ0) is 15.2. The van der Waals surface area contributed by atoms with Crippen molar-refractivity contribution in [1.82, 2.24) is 14.7 Å². The lowest BCUT2D eigenvalue weighted by Gasteiger charge is -2.06. The van der Waals surface area contributed by atoms with Crippen molar-refractivity contribution in [3.8, 4) is 0 Å². The minimum Gasteiger partial charge on any atom is -0.351 e. The number of carbonyl (C=O) groups excluding carboxylic acids is 1. The van der Waals surface area contributed by atoms with Gasteiger partial charge in [-0.2, -0.15) is 0 Å². The summed E-state index contributed by atoms with van der Waals surface area (Å²) < 4.78 is 1.81. The van der Waals surface area contributed by atoms with Gasteiger partial charge in [-0.25, -0.2) is 4.98 Å². The first-order chi connectivity index (χ1) is 10.2. The summed E-state index contributed by atoms with van der Waals surface area (Å²) in [5.41, 5.74) is 2.15. The molecule has 0 atom stereocenters. The van der Waals surface area contributed by atoms with E-state index in [0.29, 0.717) is 17.3 Å². The fourth-order valence-corrected chi connectivity index (χ4v) is 2.55. The second-order valence-corrected chi connectivity index (χ2v) is 5.59. The van der Waals surface area contributed by atoms with Crippen LogP contribution in [0.2, 0.25) is 5.02 Å². The number of amides is 1. The molecule has 1 N–H and O–H groups in total. The zero-order valence-corrected chi connectivity index (χ0v) is 13.4. The van der Waals surface area contributed by atoms with Crippen LogP contribution in [-0.4, -0.2) is 21.8 Å². The van der Waals surface area contributed by atoms with Gasteiger partial charge < -0.3 is 5.32 Å². The Labute approximate surface area is 130 Å². The minimum atomic E-state index is -0.0572. The number of imidazole rings is 1. The largest absolute Gasteiger partial charge is 0.351 e. The molecule has 0 aliphatic carbocycles. The average molecular weight is 308 g/mol. The molecule has 5 heteroatoms. The topological polar surface area (TPSA) is 46.4 Å². The number of unbranched alkanes of at least 4 members (excludes halogenated alkanes) is 3. The van der Waals surface area contributed by atoms with E-state index in [1.165, 1.54) is 12.8 Å². The van der Waals surface area contributed by atoms with Gasteiger partial charge in [0, 0.05) is 23.8 Å². The van der Waals surface area contributed by atoms with E-state index >= 15 is 0 Å². The van der Waals surface area contributed by atoms with Crippen LogP contribution in [0.4, 0.5) is 0 Å². The molecule has 0 aromatic carbocycles.